The average molecular weight is 185 g/mol. The third kappa shape index (κ3) is 9.54. The predicted molar refractivity (Wildman–Crippen MR) is 56.9 cm³/mol. The molecule has 0 aromatic carbocycles. The summed E-state index contributed by atoms with van der Waals surface area (Å²) in [6, 6.07) is 0. The van der Waals surface area contributed by atoms with E-state index in [1.54, 1.807) is 0 Å². The van der Waals surface area contributed by atoms with Crippen LogP contribution in [0.4, 0.5) is 0 Å². The molecule has 13 heavy (non-hydrogen) atoms. The highest BCUT2D eigenvalue weighted by Gasteiger charge is 2.08. The zero-order valence-corrected chi connectivity index (χ0v) is 9.44. The Labute approximate surface area is 82.1 Å². The molecule has 0 saturated carbocycles. The lowest BCUT2D eigenvalue weighted by molar-refractivity contribution is -0.119. The maximum Gasteiger partial charge on any atom is 0.134 e. The van der Waals surface area contributed by atoms with Crippen LogP contribution in [0.15, 0.2) is 0 Å². The van der Waals surface area contributed by atoms with Gasteiger partial charge in [-0.2, -0.15) is 0 Å². The number of unbranched alkanes of at least 4 members (excludes halogenated alkanes) is 1. The highest BCUT2D eigenvalue weighted by atomic mass is 16.1. The highest BCUT2D eigenvalue weighted by Crippen LogP contribution is 2.01. The van der Waals surface area contributed by atoms with Crippen LogP contribution in [0, 0.1) is 0 Å². The van der Waals surface area contributed by atoms with Crippen LogP contribution in [0.5, 0.6) is 0 Å². The van der Waals surface area contributed by atoms with Crippen molar-refractivity contribution in [1.82, 2.24) is 5.32 Å². The van der Waals surface area contributed by atoms with E-state index in [1.807, 2.05) is 0 Å². The number of rotatable bonds is 6. The molecule has 0 aliphatic heterocycles. The zero-order chi connectivity index (χ0) is 10.3. The molecule has 0 rings (SSSR count). The van der Waals surface area contributed by atoms with E-state index < -0.39 is 0 Å². The van der Waals surface area contributed by atoms with Crippen LogP contribution in [0.1, 0.15) is 53.4 Å². The Balaban J connectivity index is 3.37. The van der Waals surface area contributed by atoms with Crippen molar-refractivity contribution in [1.29, 1.82) is 0 Å². The summed E-state index contributed by atoms with van der Waals surface area (Å²) in [5.41, 5.74) is 0.130. The molecule has 0 radical (unpaired) electrons. The number of Topliss-reactive ketones (excluding diaryl/α,β-unsaturated/α-hetero) is 1. The monoisotopic (exact) mass is 185 g/mol. The summed E-state index contributed by atoms with van der Waals surface area (Å²) >= 11 is 0. The first-order chi connectivity index (χ1) is 5.95. The van der Waals surface area contributed by atoms with Gasteiger partial charge in [0.2, 0.25) is 0 Å². The van der Waals surface area contributed by atoms with Gasteiger partial charge in [-0.3, -0.25) is 4.79 Å². The number of hydrogen-bond donors (Lipinski definition) is 1. The summed E-state index contributed by atoms with van der Waals surface area (Å²) in [4.78, 5) is 11.2. The normalized spacial score (nSPS) is 11.7. The van der Waals surface area contributed by atoms with Crippen LogP contribution in [0.3, 0.4) is 0 Å². The molecule has 0 spiro atoms. The molecule has 0 aromatic heterocycles. The Morgan fingerprint density at radius 3 is 2.31 bits per heavy atom. The second-order valence-electron chi connectivity index (χ2n) is 4.57. The Bertz CT molecular complexity index is 147. The van der Waals surface area contributed by atoms with Gasteiger partial charge in [-0.1, -0.05) is 13.3 Å². The van der Waals surface area contributed by atoms with Crippen LogP contribution in [-0.4, -0.2) is 17.9 Å². The van der Waals surface area contributed by atoms with Crippen LogP contribution in [0.2, 0.25) is 0 Å². The third-order valence-electron chi connectivity index (χ3n) is 1.87. The number of nitrogens with one attached hydrogen (secondary N) is 1. The van der Waals surface area contributed by atoms with Crippen molar-refractivity contribution >= 4 is 5.78 Å². The highest BCUT2D eigenvalue weighted by molar-refractivity contribution is 5.78. The Hall–Kier alpha value is -0.370. The van der Waals surface area contributed by atoms with Crippen LogP contribution >= 0.6 is 0 Å². The summed E-state index contributed by atoms with van der Waals surface area (Å²) in [5.74, 6) is 0.388. The van der Waals surface area contributed by atoms with Crippen molar-refractivity contribution in [3.63, 3.8) is 0 Å². The lowest BCUT2D eigenvalue weighted by Crippen LogP contribution is -2.37. The lowest BCUT2D eigenvalue weighted by atomic mass is 10.1. The summed E-state index contributed by atoms with van der Waals surface area (Å²) in [7, 11) is 0. The van der Waals surface area contributed by atoms with E-state index in [2.05, 4.69) is 33.0 Å². The van der Waals surface area contributed by atoms with Crippen molar-refractivity contribution in [3.8, 4) is 0 Å². The smallest absolute Gasteiger partial charge is 0.134 e. The van der Waals surface area contributed by atoms with E-state index in [9.17, 15) is 4.79 Å². The minimum absolute atomic E-state index is 0.130. The molecule has 2 heteroatoms. The Morgan fingerprint density at radius 1 is 1.23 bits per heavy atom. The van der Waals surface area contributed by atoms with Crippen molar-refractivity contribution in [3.05, 3.63) is 0 Å². The van der Waals surface area contributed by atoms with Crippen LogP contribution in [-0.2, 0) is 4.79 Å². The largest absolute Gasteiger partial charge is 0.312 e. The van der Waals surface area contributed by atoms with Gasteiger partial charge in [-0.05, 0) is 27.2 Å². The van der Waals surface area contributed by atoms with Crippen molar-refractivity contribution in [2.24, 2.45) is 0 Å². The molecule has 0 saturated heterocycles. The van der Waals surface area contributed by atoms with E-state index in [0.29, 0.717) is 12.2 Å². The minimum atomic E-state index is 0.130. The van der Waals surface area contributed by atoms with Gasteiger partial charge in [0.1, 0.15) is 5.78 Å². The lowest BCUT2D eigenvalue weighted by Gasteiger charge is -2.19. The van der Waals surface area contributed by atoms with Gasteiger partial charge in [0.15, 0.2) is 0 Å². The van der Waals surface area contributed by atoms with Gasteiger partial charge in [0.25, 0.3) is 0 Å². The standard InChI is InChI=1S/C11H23NO/c1-5-6-7-10(13)8-9-12-11(2,3)4/h12H,5-9H2,1-4H3. The van der Waals surface area contributed by atoms with Crippen molar-refractivity contribution in [2.75, 3.05) is 6.54 Å². The van der Waals surface area contributed by atoms with Crippen LogP contribution in [0.25, 0.3) is 0 Å². The molecular weight excluding hydrogens is 162 g/mol. The third-order valence-corrected chi connectivity index (χ3v) is 1.87. The first-order valence-corrected chi connectivity index (χ1v) is 5.22. The van der Waals surface area contributed by atoms with Gasteiger partial charge in [-0.15, -0.1) is 0 Å². The van der Waals surface area contributed by atoms with E-state index in [-0.39, 0.29) is 5.54 Å². The SMILES string of the molecule is CCCCC(=O)CCNC(C)(C)C. The summed E-state index contributed by atoms with van der Waals surface area (Å²) in [6.07, 6.45) is 3.58. The van der Waals surface area contributed by atoms with Crippen molar-refractivity contribution < 1.29 is 4.79 Å². The second kappa shape index (κ2) is 6.14. The molecule has 78 valence electrons. The molecule has 0 fully saturated rings. The molecular formula is C11H23NO. The fourth-order valence-electron chi connectivity index (χ4n) is 1.08. The fourth-order valence-corrected chi connectivity index (χ4v) is 1.08. The van der Waals surface area contributed by atoms with E-state index >= 15 is 0 Å². The number of ketones is 1. The molecule has 0 bridgehead atoms. The Kier molecular flexibility index (Phi) is 5.97. The molecule has 0 atom stereocenters. The molecule has 0 aliphatic carbocycles. The summed E-state index contributed by atoms with van der Waals surface area (Å²) in [6.45, 7) is 9.27. The first kappa shape index (κ1) is 12.6. The summed E-state index contributed by atoms with van der Waals surface area (Å²) in [5, 5.41) is 3.31. The fraction of sp³-hybridized carbons (Fsp3) is 0.909. The van der Waals surface area contributed by atoms with Gasteiger partial charge >= 0.3 is 0 Å². The quantitative estimate of drug-likeness (QED) is 0.689. The Morgan fingerprint density at radius 2 is 1.85 bits per heavy atom. The minimum Gasteiger partial charge on any atom is -0.312 e. The van der Waals surface area contributed by atoms with Crippen molar-refractivity contribution in [2.45, 2.75) is 58.9 Å². The first-order valence-electron chi connectivity index (χ1n) is 5.22. The topological polar surface area (TPSA) is 29.1 Å². The molecule has 0 amide bonds. The van der Waals surface area contributed by atoms with E-state index in [4.69, 9.17) is 0 Å². The van der Waals surface area contributed by atoms with Gasteiger partial charge < -0.3 is 5.32 Å². The van der Waals surface area contributed by atoms with E-state index in [1.165, 1.54) is 0 Å². The maximum absolute atomic E-state index is 11.2. The zero-order valence-electron chi connectivity index (χ0n) is 9.44. The molecule has 0 aliphatic rings. The maximum atomic E-state index is 11.2. The number of carbonyl (C=O) groups excluding carboxylic acids is 1. The second-order valence-corrected chi connectivity index (χ2v) is 4.57. The number of hydrogen-bond acceptors (Lipinski definition) is 2. The molecule has 0 unspecified atom stereocenters. The van der Waals surface area contributed by atoms with Crippen LogP contribution < -0.4 is 5.32 Å². The molecule has 0 heterocycles. The van der Waals surface area contributed by atoms with E-state index in [0.717, 1.165) is 25.8 Å². The van der Waals surface area contributed by atoms with Gasteiger partial charge in [0, 0.05) is 24.9 Å². The molecule has 0 aromatic rings. The average Bonchev–Trinajstić information content (AvgIpc) is 1.98. The summed E-state index contributed by atoms with van der Waals surface area (Å²) < 4.78 is 0. The predicted octanol–water partition coefficient (Wildman–Crippen LogP) is 2.52. The molecule has 1 N–H and O–H groups in total. The van der Waals surface area contributed by atoms with Gasteiger partial charge in [-0.25, -0.2) is 0 Å². The molecule has 2 nitrogen and oxygen atoms in total. The van der Waals surface area contributed by atoms with Gasteiger partial charge in [0.05, 0.1) is 0 Å². The number of carbonyl (C=O) groups is 1.